The molecule has 1 rings (SSSR count). The second-order valence-electron chi connectivity index (χ2n) is 15.1. The first-order valence-electron chi connectivity index (χ1n) is 21.1. The maximum absolute atomic E-state index is 13.4. The van der Waals surface area contributed by atoms with Crippen LogP contribution < -0.4 is 0 Å². The number of carbonyl (C=O) groups excluding carboxylic acids is 1. The lowest BCUT2D eigenvalue weighted by atomic mass is 9.97. The highest BCUT2D eigenvalue weighted by atomic mass is 16.6. The molecule has 2 unspecified atom stereocenters. The molecule has 4 N–H and O–H groups in total. The largest absolute Gasteiger partial charge is 0.446 e. The first kappa shape index (κ1) is 46.1. The summed E-state index contributed by atoms with van der Waals surface area (Å²) in [5, 5.41) is 41.2. The van der Waals surface area contributed by atoms with Crippen LogP contribution in [0.4, 0.5) is 4.79 Å². The summed E-state index contributed by atoms with van der Waals surface area (Å²) in [6.45, 7) is 6.20. The summed E-state index contributed by atoms with van der Waals surface area (Å²) in [7, 11) is 0. The number of unbranched alkanes of at least 4 members (excludes halogenated alkanes) is 26. The molecule has 0 aromatic rings. The van der Waals surface area contributed by atoms with Gasteiger partial charge in [0.2, 0.25) is 0 Å². The number of hydrogen-bond donors (Lipinski definition) is 4. The van der Waals surface area contributed by atoms with Crippen molar-refractivity contribution in [2.45, 2.75) is 244 Å². The van der Waals surface area contributed by atoms with Gasteiger partial charge in [-0.15, -0.1) is 0 Å². The molecule has 8 nitrogen and oxygen atoms in total. The molecule has 6 atom stereocenters. The highest BCUT2D eigenvalue weighted by molar-refractivity contribution is 5.68. The van der Waals surface area contributed by atoms with E-state index in [1.54, 1.807) is 0 Å². The minimum atomic E-state index is -1.53. The van der Waals surface area contributed by atoms with E-state index >= 15 is 0 Å². The molecular formula is C41H81NO7. The van der Waals surface area contributed by atoms with Crippen LogP contribution in [-0.2, 0) is 9.47 Å². The number of hydrogen-bond acceptors (Lipinski definition) is 7. The van der Waals surface area contributed by atoms with Gasteiger partial charge >= 0.3 is 6.09 Å². The zero-order valence-corrected chi connectivity index (χ0v) is 32.3. The number of nitrogens with zero attached hydrogens (tertiary/aromatic N) is 1. The van der Waals surface area contributed by atoms with E-state index in [4.69, 9.17) is 9.47 Å². The second kappa shape index (κ2) is 31.8. The molecule has 1 aliphatic heterocycles. The lowest BCUT2D eigenvalue weighted by Gasteiger charge is -2.44. The summed E-state index contributed by atoms with van der Waals surface area (Å²) in [6, 6.07) is 0. The highest BCUT2D eigenvalue weighted by Gasteiger charge is 2.47. The van der Waals surface area contributed by atoms with E-state index in [1.807, 2.05) is 6.92 Å². The van der Waals surface area contributed by atoms with Gasteiger partial charge in [0.25, 0.3) is 0 Å². The molecule has 1 aliphatic rings. The summed E-state index contributed by atoms with van der Waals surface area (Å²) in [5.41, 5.74) is 0. The van der Waals surface area contributed by atoms with Gasteiger partial charge in [0.05, 0.1) is 6.61 Å². The van der Waals surface area contributed by atoms with Crippen molar-refractivity contribution in [3.63, 3.8) is 0 Å². The first-order valence-corrected chi connectivity index (χ1v) is 21.1. The second-order valence-corrected chi connectivity index (χ2v) is 15.1. The number of rotatable bonds is 33. The molecule has 0 saturated carbocycles. The normalized spacial score (nSPS) is 21.6. The molecular weight excluding hydrogens is 618 g/mol. The maximum atomic E-state index is 13.4. The summed E-state index contributed by atoms with van der Waals surface area (Å²) in [6.07, 6.45) is 28.5. The van der Waals surface area contributed by atoms with Gasteiger partial charge in [-0.25, -0.2) is 4.79 Å². The Bertz CT molecular complexity index is 739. The fourth-order valence-electron chi connectivity index (χ4n) is 7.06. The van der Waals surface area contributed by atoms with E-state index in [0.717, 1.165) is 44.9 Å². The molecule has 8 heteroatoms. The maximum Gasteiger partial charge on any atom is 0.412 e. The molecule has 0 spiro atoms. The molecule has 49 heavy (non-hydrogen) atoms. The third-order valence-corrected chi connectivity index (χ3v) is 10.4. The Balaban J connectivity index is 2.36. The predicted molar refractivity (Wildman–Crippen MR) is 202 cm³/mol. The van der Waals surface area contributed by atoms with E-state index in [9.17, 15) is 25.2 Å². The number of aliphatic hydroxyl groups excluding tert-OH is 4. The van der Waals surface area contributed by atoms with Gasteiger partial charge in [-0.05, 0) is 26.2 Å². The van der Waals surface area contributed by atoms with Crippen molar-refractivity contribution in [2.75, 3.05) is 13.2 Å². The van der Waals surface area contributed by atoms with Crippen molar-refractivity contribution >= 4 is 6.09 Å². The fourth-order valence-corrected chi connectivity index (χ4v) is 7.06. The summed E-state index contributed by atoms with van der Waals surface area (Å²) in [5.74, 6) is 0. The van der Waals surface area contributed by atoms with Crippen molar-refractivity contribution in [3.8, 4) is 0 Å². The third-order valence-electron chi connectivity index (χ3n) is 10.4. The highest BCUT2D eigenvalue weighted by Crippen LogP contribution is 2.26. The van der Waals surface area contributed by atoms with Crippen LogP contribution in [0, 0.1) is 0 Å². The van der Waals surface area contributed by atoms with Gasteiger partial charge in [-0.3, -0.25) is 4.90 Å². The molecule has 1 saturated heterocycles. The molecule has 0 radical (unpaired) electrons. The Labute approximate surface area is 302 Å². The standard InChI is InChI=1S/C41H81NO7/c1-4-6-8-10-12-14-16-18-19-20-21-23-25-27-29-31-33-42(40-39(46)38(45)37(44)36(34-43)49-40)41(47)48-35(3)32-30-28-26-24-22-17-15-13-11-9-7-5-2/h35-40,43-46H,4-34H2,1-3H3/t35?,36-,37-,38+,39-,40?/m1/s1. The zero-order chi connectivity index (χ0) is 36.0. The molecule has 0 aromatic heterocycles. The predicted octanol–water partition coefficient (Wildman–Crippen LogP) is 9.97. The average molecular weight is 700 g/mol. The Morgan fingerprint density at radius 3 is 1.33 bits per heavy atom. The van der Waals surface area contributed by atoms with Crippen LogP contribution in [-0.4, -0.2) is 81.3 Å². The summed E-state index contributed by atoms with van der Waals surface area (Å²) < 4.78 is 11.6. The van der Waals surface area contributed by atoms with E-state index in [0.29, 0.717) is 6.54 Å². The van der Waals surface area contributed by atoms with Crippen molar-refractivity contribution in [3.05, 3.63) is 0 Å². The lowest BCUT2D eigenvalue weighted by molar-refractivity contribution is -0.259. The van der Waals surface area contributed by atoms with Gasteiger partial charge in [0.15, 0.2) is 6.23 Å². The van der Waals surface area contributed by atoms with E-state index in [1.165, 1.54) is 146 Å². The third kappa shape index (κ3) is 22.6. The van der Waals surface area contributed by atoms with Crippen molar-refractivity contribution < 1.29 is 34.7 Å². The minimum Gasteiger partial charge on any atom is -0.446 e. The van der Waals surface area contributed by atoms with Gasteiger partial charge in [-0.2, -0.15) is 0 Å². The number of ether oxygens (including phenoxy) is 2. The summed E-state index contributed by atoms with van der Waals surface area (Å²) in [4.78, 5) is 14.7. The Kier molecular flexibility index (Phi) is 29.9. The van der Waals surface area contributed by atoms with Crippen LogP contribution in [0.3, 0.4) is 0 Å². The van der Waals surface area contributed by atoms with Crippen LogP contribution in [0.25, 0.3) is 0 Å². The Morgan fingerprint density at radius 2 is 0.939 bits per heavy atom. The van der Waals surface area contributed by atoms with Crippen LogP contribution in [0.1, 0.15) is 207 Å². The first-order chi connectivity index (χ1) is 23.9. The summed E-state index contributed by atoms with van der Waals surface area (Å²) >= 11 is 0. The van der Waals surface area contributed by atoms with Crippen LogP contribution >= 0.6 is 0 Å². The van der Waals surface area contributed by atoms with E-state index in [-0.39, 0.29) is 6.10 Å². The monoisotopic (exact) mass is 700 g/mol. The minimum absolute atomic E-state index is 0.284. The molecule has 0 aliphatic carbocycles. The molecule has 0 bridgehead atoms. The lowest BCUT2D eigenvalue weighted by Crippen LogP contribution is -2.64. The topological polar surface area (TPSA) is 120 Å². The Hall–Kier alpha value is -0.930. The molecule has 1 fully saturated rings. The van der Waals surface area contributed by atoms with Gasteiger partial charge < -0.3 is 29.9 Å². The van der Waals surface area contributed by atoms with Gasteiger partial charge in [0.1, 0.15) is 30.5 Å². The smallest absolute Gasteiger partial charge is 0.412 e. The molecule has 1 heterocycles. The average Bonchev–Trinajstić information content (AvgIpc) is 3.09. The van der Waals surface area contributed by atoms with E-state index in [2.05, 4.69) is 13.8 Å². The van der Waals surface area contributed by atoms with Crippen LogP contribution in [0.5, 0.6) is 0 Å². The fraction of sp³-hybridized carbons (Fsp3) is 0.976. The Morgan fingerprint density at radius 1 is 0.571 bits per heavy atom. The van der Waals surface area contributed by atoms with Gasteiger partial charge in [-0.1, -0.05) is 181 Å². The number of amides is 1. The molecule has 292 valence electrons. The van der Waals surface area contributed by atoms with Crippen molar-refractivity contribution in [1.82, 2.24) is 4.90 Å². The number of carbonyl (C=O) groups is 1. The quantitative estimate of drug-likeness (QED) is 0.0504. The SMILES string of the molecule is CCCCCCCCCCCCCCCCCCN(C(=O)OC(C)CCCCCCCCCCCCCC)C1O[C@H](CO)[C@@H](O)[C@H](O)[C@H]1O. The van der Waals surface area contributed by atoms with Crippen molar-refractivity contribution in [2.24, 2.45) is 0 Å². The molecule has 1 amide bonds. The zero-order valence-electron chi connectivity index (χ0n) is 32.3. The van der Waals surface area contributed by atoms with E-state index < -0.39 is 43.3 Å². The number of aliphatic hydroxyl groups is 4. The van der Waals surface area contributed by atoms with Crippen LogP contribution in [0.2, 0.25) is 0 Å². The van der Waals surface area contributed by atoms with Crippen LogP contribution in [0.15, 0.2) is 0 Å². The van der Waals surface area contributed by atoms with Crippen molar-refractivity contribution in [1.29, 1.82) is 0 Å². The van der Waals surface area contributed by atoms with Gasteiger partial charge in [0, 0.05) is 6.54 Å². The molecule has 0 aromatic carbocycles.